The lowest BCUT2D eigenvalue weighted by Crippen LogP contribution is -2.30. The van der Waals surface area contributed by atoms with Crippen LogP contribution in [0.25, 0.3) is 0 Å². The van der Waals surface area contributed by atoms with Crippen LogP contribution < -0.4 is 0 Å². The molecule has 0 amide bonds. The van der Waals surface area contributed by atoms with Gasteiger partial charge in [0.2, 0.25) is 0 Å². The first kappa shape index (κ1) is 79.1. The molecule has 6 nitrogen and oxygen atoms in total. The summed E-state index contributed by atoms with van der Waals surface area (Å²) >= 11 is 0. The summed E-state index contributed by atoms with van der Waals surface area (Å²) in [5, 5.41) is 0. The number of carbonyl (C=O) groups is 3. The van der Waals surface area contributed by atoms with Crippen LogP contribution in [-0.4, -0.2) is 37.2 Å². The molecule has 0 saturated heterocycles. The van der Waals surface area contributed by atoms with Crippen molar-refractivity contribution in [2.75, 3.05) is 13.2 Å². The highest BCUT2D eigenvalue weighted by molar-refractivity contribution is 5.71. The summed E-state index contributed by atoms with van der Waals surface area (Å²) in [5.41, 5.74) is 0. The molecule has 0 rings (SSSR count). The van der Waals surface area contributed by atoms with Crippen molar-refractivity contribution in [2.45, 2.75) is 348 Å². The van der Waals surface area contributed by atoms with Gasteiger partial charge in [0.15, 0.2) is 6.10 Å². The van der Waals surface area contributed by atoms with Crippen molar-refractivity contribution in [1.29, 1.82) is 0 Å². The Balaban J connectivity index is 4.10. The molecule has 0 aromatic rings. The number of esters is 3. The third-order valence-corrected chi connectivity index (χ3v) is 15.3. The van der Waals surface area contributed by atoms with Gasteiger partial charge in [-0.3, -0.25) is 14.4 Å². The Hall–Kier alpha value is -3.93. The monoisotopic (exact) mass is 1150 g/mol. The molecular weight excluding hydrogens is 1020 g/mol. The third-order valence-electron chi connectivity index (χ3n) is 15.3. The number of unbranched alkanes of at least 4 members (excludes halogenated alkanes) is 35. The number of ether oxygens (including phenoxy) is 3. The lowest BCUT2D eigenvalue weighted by Gasteiger charge is -2.18. The highest BCUT2D eigenvalue weighted by Gasteiger charge is 2.19. The van der Waals surface area contributed by atoms with Crippen LogP contribution in [0.5, 0.6) is 0 Å². The number of hydrogen-bond acceptors (Lipinski definition) is 6. The van der Waals surface area contributed by atoms with Crippen LogP contribution in [-0.2, 0) is 28.6 Å². The van der Waals surface area contributed by atoms with Gasteiger partial charge < -0.3 is 14.2 Å². The number of allylic oxidation sites excluding steroid dienone is 18. The van der Waals surface area contributed by atoms with Crippen LogP contribution in [0.3, 0.4) is 0 Å². The smallest absolute Gasteiger partial charge is 0.306 e. The van der Waals surface area contributed by atoms with Gasteiger partial charge in [-0.15, -0.1) is 0 Å². The SMILES string of the molecule is CC/C=C\C/C=C\C/C=C\C/C=C\C/C=C\C/C=C\CCCCCCCCCCCCC(=O)OCC(COC(=O)CCCCCCCCC)OC(=O)CCCCCCCCCCCCCCCC/C=C\C/C=C\C/C=C\CCCCCCC. The average Bonchev–Trinajstić information content (AvgIpc) is 3.49. The van der Waals surface area contributed by atoms with Gasteiger partial charge in [0.05, 0.1) is 0 Å². The van der Waals surface area contributed by atoms with E-state index in [0.29, 0.717) is 19.3 Å². The van der Waals surface area contributed by atoms with E-state index in [0.717, 1.165) is 109 Å². The van der Waals surface area contributed by atoms with E-state index >= 15 is 0 Å². The van der Waals surface area contributed by atoms with E-state index in [9.17, 15) is 14.4 Å². The average molecular weight is 1150 g/mol. The first-order chi connectivity index (χ1) is 41.0. The highest BCUT2D eigenvalue weighted by atomic mass is 16.6. The van der Waals surface area contributed by atoms with Crippen LogP contribution in [0, 0.1) is 0 Å². The van der Waals surface area contributed by atoms with Crippen molar-refractivity contribution in [2.24, 2.45) is 0 Å². The van der Waals surface area contributed by atoms with Gasteiger partial charge in [-0.05, 0) is 109 Å². The highest BCUT2D eigenvalue weighted by Crippen LogP contribution is 2.17. The first-order valence-corrected chi connectivity index (χ1v) is 35.4. The second kappa shape index (κ2) is 70.6. The van der Waals surface area contributed by atoms with Crippen molar-refractivity contribution >= 4 is 17.9 Å². The molecular formula is C77H132O6. The van der Waals surface area contributed by atoms with Crippen LogP contribution in [0.2, 0.25) is 0 Å². The van der Waals surface area contributed by atoms with Crippen molar-refractivity contribution in [1.82, 2.24) is 0 Å². The minimum Gasteiger partial charge on any atom is -0.462 e. The van der Waals surface area contributed by atoms with Gasteiger partial charge in [-0.1, -0.05) is 323 Å². The van der Waals surface area contributed by atoms with Crippen molar-refractivity contribution < 1.29 is 28.6 Å². The van der Waals surface area contributed by atoms with Crippen LogP contribution in [0.1, 0.15) is 342 Å². The van der Waals surface area contributed by atoms with Gasteiger partial charge in [0.25, 0.3) is 0 Å². The molecule has 0 aliphatic carbocycles. The molecule has 0 aliphatic heterocycles. The van der Waals surface area contributed by atoms with E-state index in [4.69, 9.17) is 14.2 Å². The summed E-state index contributed by atoms with van der Waals surface area (Å²) in [6.07, 6.45) is 97.1. The maximum absolute atomic E-state index is 12.9. The fourth-order valence-corrected chi connectivity index (χ4v) is 9.99. The second-order valence-corrected chi connectivity index (χ2v) is 23.4. The fraction of sp³-hybridized carbons (Fsp3) is 0.727. The Labute approximate surface area is 514 Å². The summed E-state index contributed by atoms with van der Waals surface area (Å²) in [6.45, 7) is 6.50. The predicted molar refractivity (Wildman–Crippen MR) is 362 cm³/mol. The number of rotatable bonds is 64. The maximum Gasteiger partial charge on any atom is 0.306 e. The zero-order valence-electron chi connectivity index (χ0n) is 54.7. The Bertz CT molecular complexity index is 1660. The van der Waals surface area contributed by atoms with E-state index in [2.05, 4.69) is 130 Å². The van der Waals surface area contributed by atoms with Gasteiger partial charge in [-0.25, -0.2) is 0 Å². The van der Waals surface area contributed by atoms with E-state index < -0.39 is 6.10 Å². The Morgan fingerprint density at radius 2 is 0.470 bits per heavy atom. The van der Waals surface area contributed by atoms with Crippen molar-refractivity contribution in [3.8, 4) is 0 Å². The largest absolute Gasteiger partial charge is 0.462 e. The van der Waals surface area contributed by atoms with E-state index in [1.165, 1.54) is 193 Å². The van der Waals surface area contributed by atoms with Crippen molar-refractivity contribution in [3.63, 3.8) is 0 Å². The topological polar surface area (TPSA) is 78.9 Å². The molecule has 0 aliphatic rings. The number of carbonyl (C=O) groups excluding carboxylic acids is 3. The lowest BCUT2D eigenvalue weighted by molar-refractivity contribution is -0.167. The molecule has 0 N–H and O–H groups in total. The minimum atomic E-state index is -0.779. The third kappa shape index (κ3) is 68.7. The van der Waals surface area contributed by atoms with E-state index in [1.54, 1.807) is 0 Å². The molecule has 0 radical (unpaired) electrons. The zero-order chi connectivity index (χ0) is 59.9. The summed E-state index contributed by atoms with van der Waals surface area (Å²) < 4.78 is 16.9. The lowest BCUT2D eigenvalue weighted by atomic mass is 10.0. The Morgan fingerprint density at radius 3 is 0.735 bits per heavy atom. The molecule has 0 heterocycles. The van der Waals surface area contributed by atoms with E-state index in [-0.39, 0.29) is 31.1 Å². The van der Waals surface area contributed by atoms with Gasteiger partial charge in [0.1, 0.15) is 13.2 Å². The molecule has 0 aromatic carbocycles. The fourth-order valence-electron chi connectivity index (χ4n) is 9.99. The van der Waals surface area contributed by atoms with Crippen LogP contribution in [0.15, 0.2) is 109 Å². The molecule has 0 spiro atoms. The molecule has 0 aromatic heterocycles. The summed E-state index contributed by atoms with van der Waals surface area (Å²) in [6, 6.07) is 0. The molecule has 83 heavy (non-hydrogen) atoms. The number of hydrogen-bond donors (Lipinski definition) is 0. The van der Waals surface area contributed by atoms with Gasteiger partial charge >= 0.3 is 17.9 Å². The zero-order valence-corrected chi connectivity index (χ0v) is 54.7. The second-order valence-electron chi connectivity index (χ2n) is 23.4. The summed E-state index contributed by atoms with van der Waals surface area (Å²) in [4.78, 5) is 38.2. The normalized spacial score (nSPS) is 12.8. The molecule has 0 saturated carbocycles. The van der Waals surface area contributed by atoms with Crippen LogP contribution in [0.4, 0.5) is 0 Å². The summed E-state index contributed by atoms with van der Waals surface area (Å²) in [7, 11) is 0. The first-order valence-electron chi connectivity index (χ1n) is 35.4. The molecule has 0 bridgehead atoms. The Morgan fingerprint density at radius 1 is 0.253 bits per heavy atom. The minimum absolute atomic E-state index is 0.0772. The molecule has 1 atom stereocenters. The summed E-state index contributed by atoms with van der Waals surface area (Å²) in [5.74, 6) is -0.877. The molecule has 0 fully saturated rings. The van der Waals surface area contributed by atoms with Crippen molar-refractivity contribution in [3.05, 3.63) is 109 Å². The van der Waals surface area contributed by atoms with Gasteiger partial charge in [0, 0.05) is 19.3 Å². The van der Waals surface area contributed by atoms with Gasteiger partial charge in [-0.2, -0.15) is 0 Å². The predicted octanol–water partition coefficient (Wildman–Crippen LogP) is 24.6. The quantitative estimate of drug-likeness (QED) is 0.0261. The maximum atomic E-state index is 12.9. The van der Waals surface area contributed by atoms with E-state index in [1.807, 2.05) is 0 Å². The standard InChI is InChI=1S/C77H132O6/c1-4-7-10-13-16-18-20-22-24-26-28-30-32-34-36-38-40-42-44-46-48-50-52-54-56-58-61-64-67-70-76(79)82-73-74(72-81-75(78)69-66-63-60-15-12-9-6-3)83-77(80)71-68-65-62-59-57-55-53-51-49-47-45-43-41-39-37-35-33-31-29-27-25-23-21-19-17-14-11-8-5-2/h7,10,16,18,21-24,27-30,33-36,40,42,74H,4-6,8-9,11-15,17,19-20,25-26,31-32,37-39,41,43-73H2,1-3H3/b10-7-,18-16-,23-21-,24-22-,29-27-,30-28-,35-33-,36-34-,42-40-. The molecule has 476 valence electrons. The molecule has 6 heteroatoms. The Kier molecular flexibility index (Phi) is 67.2. The van der Waals surface area contributed by atoms with Crippen LogP contribution >= 0.6 is 0 Å². The molecule has 1 unspecified atom stereocenters.